The minimum Gasteiger partial charge on any atom is -0.345 e. The van der Waals surface area contributed by atoms with Crippen LogP contribution in [0.3, 0.4) is 0 Å². The Morgan fingerprint density at radius 3 is 1.36 bits per heavy atom. The van der Waals surface area contributed by atoms with Crippen LogP contribution in [-0.2, 0) is 12.8 Å². The van der Waals surface area contributed by atoms with Crippen LogP contribution in [0.2, 0.25) is 0 Å². The number of halogens is 1. The third-order valence-electron chi connectivity index (χ3n) is 8.20. The average Bonchev–Trinajstić information content (AvgIpc) is 3.64. The zero-order valence-corrected chi connectivity index (χ0v) is 23.7. The Bertz CT molecular complexity index is 1390. The first-order chi connectivity index (χ1) is 18.5. The second-order valence-electron chi connectivity index (χ2n) is 11.1. The molecule has 0 spiro atoms. The first-order valence-corrected chi connectivity index (χ1v) is 13.8. The molecule has 39 heavy (non-hydrogen) atoms. The van der Waals surface area contributed by atoms with Crippen LogP contribution in [-0.4, -0.2) is 34.4 Å². The molecule has 8 rings (SSSR count). The summed E-state index contributed by atoms with van der Waals surface area (Å²) in [4.78, 5) is 19.0. The Kier molecular flexibility index (Phi) is 6.38. The average molecular weight is 539 g/mol. The molecule has 6 nitrogen and oxygen atoms in total. The Morgan fingerprint density at radius 1 is 0.564 bits per heavy atom. The van der Waals surface area contributed by atoms with Crippen molar-refractivity contribution in [3.63, 3.8) is 0 Å². The van der Waals surface area contributed by atoms with E-state index in [1.165, 1.54) is 33.9 Å². The van der Waals surface area contributed by atoms with Crippen LogP contribution in [0.5, 0.6) is 0 Å². The number of nitrogens with zero attached hydrogens (tertiary/aromatic N) is 6. The zero-order valence-electron chi connectivity index (χ0n) is 22.9. The molecule has 0 N–H and O–H groups in total. The van der Waals surface area contributed by atoms with E-state index in [-0.39, 0.29) is 12.4 Å². The zero-order chi connectivity index (χ0) is 26.0. The lowest BCUT2D eigenvalue weighted by molar-refractivity contribution is 0.589. The van der Waals surface area contributed by atoms with Crippen LogP contribution in [0.1, 0.15) is 38.8 Å². The molecule has 0 fully saturated rings. The maximum Gasteiger partial charge on any atom is 0.158 e. The highest BCUT2D eigenvalue weighted by Gasteiger charge is 2.44. The number of rotatable bonds is 2. The van der Waals surface area contributed by atoms with E-state index in [0.717, 1.165) is 24.5 Å². The smallest absolute Gasteiger partial charge is 0.158 e. The number of hydrogen-bond acceptors (Lipinski definition) is 6. The van der Waals surface area contributed by atoms with Gasteiger partial charge in [0.2, 0.25) is 0 Å². The number of hydrogen-bond donors (Lipinski definition) is 0. The molecule has 6 heterocycles. The minimum absolute atomic E-state index is 0. The lowest BCUT2D eigenvalue weighted by atomic mass is 10.1. The quantitative estimate of drug-likeness (QED) is 0.271. The van der Waals surface area contributed by atoms with Gasteiger partial charge in [-0.25, -0.2) is 9.97 Å². The molecule has 0 aliphatic carbocycles. The van der Waals surface area contributed by atoms with E-state index in [2.05, 4.69) is 118 Å². The Hall–Kier alpha value is -3.77. The number of benzene rings is 2. The van der Waals surface area contributed by atoms with Crippen LogP contribution in [0.15, 0.2) is 85.2 Å². The van der Waals surface area contributed by atoms with Crippen molar-refractivity contribution in [2.75, 3.05) is 19.6 Å². The van der Waals surface area contributed by atoms with Crippen LogP contribution < -0.4 is 19.6 Å². The molecule has 0 bridgehead atoms. The van der Waals surface area contributed by atoms with Gasteiger partial charge in [-0.1, -0.05) is 36.4 Å². The van der Waals surface area contributed by atoms with E-state index in [1.54, 1.807) is 0 Å². The number of aromatic nitrogens is 2. The third-order valence-corrected chi connectivity index (χ3v) is 8.20. The molecule has 2 atom stereocenters. The predicted octanol–water partition coefficient (Wildman–Crippen LogP) is 7.08. The summed E-state index contributed by atoms with van der Waals surface area (Å²) in [6, 6.07) is 26.7. The molecule has 200 valence electrons. The van der Waals surface area contributed by atoms with Crippen molar-refractivity contribution in [3.8, 4) is 0 Å². The highest BCUT2D eigenvalue weighted by Crippen LogP contribution is 2.50. The lowest BCUT2D eigenvalue weighted by Gasteiger charge is -2.30. The molecule has 0 radical (unpaired) electrons. The van der Waals surface area contributed by atoms with Crippen molar-refractivity contribution in [1.29, 1.82) is 0 Å². The number of para-hydroxylation sites is 2. The fourth-order valence-electron chi connectivity index (χ4n) is 6.81. The predicted molar refractivity (Wildman–Crippen MR) is 163 cm³/mol. The molecule has 0 saturated heterocycles. The standard InChI is InChI=1S/2C16H17N3.ClH/c2*1-11(2)18-14-8-5-9-17-16(14)19-13-7-4-3-6-12(13)10-15(18)19;/h2*3-9,11,15H,10H2,1-2H3;1H. The van der Waals surface area contributed by atoms with Crippen LogP contribution in [0.25, 0.3) is 0 Å². The maximum absolute atomic E-state index is 4.62. The number of pyridine rings is 2. The first-order valence-electron chi connectivity index (χ1n) is 13.8. The van der Waals surface area contributed by atoms with Gasteiger partial charge >= 0.3 is 0 Å². The molecule has 4 aliphatic rings. The van der Waals surface area contributed by atoms with E-state index >= 15 is 0 Å². The second kappa shape index (κ2) is 9.76. The van der Waals surface area contributed by atoms with Crippen molar-refractivity contribution < 1.29 is 0 Å². The monoisotopic (exact) mass is 538 g/mol. The fourth-order valence-corrected chi connectivity index (χ4v) is 6.81. The van der Waals surface area contributed by atoms with Gasteiger partial charge in [0, 0.05) is 48.7 Å². The van der Waals surface area contributed by atoms with Crippen molar-refractivity contribution in [1.82, 2.24) is 9.97 Å². The van der Waals surface area contributed by atoms with Crippen LogP contribution in [0.4, 0.5) is 34.4 Å². The Balaban J connectivity index is 0.000000138. The maximum atomic E-state index is 4.62. The molecule has 2 aromatic carbocycles. The molecule has 2 aromatic heterocycles. The molecular formula is C32H35ClN6. The highest BCUT2D eigenvalue weighted by molar-refractivity contribution is 5.86. The van der Waals surface area contributed by atoms with E-state index < -0.39 is 0 Å². The minimum atomic E-state index is 0. The summed E-state index contributed by atoms with van der Waals surface area (Å²) in [5, 5.41) is 0. The van der Waals surface area contributed by atoms with Gasteiger partial charge in [0.05, 0.1) is 11.4 Å². The van der Waals surface area contributed by atoms with Crippen molar-refractivity contribution in [2.45, 2.75) is 65.0 Å². The van der Waals surface area contributed by atoms with Gasteiger partial charge in [-0.05, 0) is 75.2 Å². The van der Waals surface area contributed by atoms with E-state index in [9.17, 15) is 0 Å². The second-order valence-corrected chi connectivity index (χ2v) is 11.1. The summed E-state index contributed by atoms with van der Waals surface area (Å²) in [5.41, 5.74) is 8.00. The molecule has 0 saturated carbocycles. The van der Waals surface area contributed by atoms with Gasteiger partial charge in [-0.3, -0.25) is 0 Å². The van der Waals surface area contributed by atoms with Gasteiger partial charge in [-0.2, -0.15) is 0 Å². The molecular weight excluding hydrogens is 504 g/mol. The highest BCUT2D eigenvalue weighted by atomic mass is 35.5. The molecule has 7 heteroatoms. The lowest BCUT2D eigenvalue weighted by Crippen LogP contribution is -2.43. The van der Waals surface area contributed by atoms with Gasteiger partial charge < -0.3 is 19.6 Å². The SMILES string of the molecule is CC(C)N1c2cccnc2N2c3ccccc3CC21.CC(C)N1c2cccnc2N2c3ccccc3CC21.Cl. The van der Waals surface area contributed by atoms with E-state index in [1.807, 2.05) is 24.5 Å². The summed E-state index contributed by atoms with van der Waals surface area (Å²) in [6.45, 7) is 9.01. The number of anilines is 6. The van der Waals surface area contributed by atoms with Crippen molar-refractivity contribution in [2.24, 2.45) is 0 Å². The topological polar surface area (TPSA) is 38.7 Å². The fraction of sp³-hybridized carbons (Fsp3) is 0.312. The molecule has 2 unspecified atom stereocenters. The summed E-state index contributed by atoms with van der Waals surface area (Å²) < 4.78 is 0. The molecule has 4 aliphatic heterocycles. The summed E-state index contributed by atoms with van der Waals surface area (Å²) in [7, 11) is 0. The van der Waals surface area contributed by atoms with Gasteiger partial charge in [-0.15, -0.1) is 12.4 Å². The van der Waals surface area contributed by atoms with Crippen LogP contribution in [0, 0.1) is 0 Å². The third kappa shape index (κ3) is 3.84. The Labute approximate surface area is 237 Å². The summed E-state index contributed by atoms with van der Waals surface area (Å²) in [5.74, 6) is 2.21. The number of fused-ring (bicyclic) bond motifs is 10. The van der Waals surface area contributed by atoms with Crippen molar-refractivity contribution in [3.05, 3.63) is 96.3 Å². The van der Waals surface area contributed by atoms with Crippen molar-refractivity contribution >= 4 is 46.8 Å². The van der Waals surface area contributed by atoms with Gasteiger partial charge in [0.15, 0.2) is 11.6 Å². The van der Waals surface area contributed by atoms with E-state index in [4.69, 9.17) is 0 Å². The molecule has 0 amide bonds. The summed E-state index contributed by atoms with van der Waals surface area (Å²) >= 11 is 0. The largest absolute Gasteiger partial charge is 0.345 e. The van der Waals surface area contributed by atoms with E-state index in [0.29, 0.717) is 24.4 Å². The van der Waals surface area contributed by atoms with Crippen LogP contribution >= 0.6 is 12.4 Å². The summed E-state index contributed by atoms with van der Waals surface area (Å²) in [6.07, 6.45) is 6.71. The van der Waals surface area contributed by atoms with Gasteiger partial charge in [0.1, 0.15) is 12.3 Å². The first kappa shape index (κ1) is 25.5. The Morgan fingerprint density at radius 2 is 0.949 bits per heavy atom. The molecule has 4 aromatic rings. The normalized spacial score (nSPS) is 19.1. The van der Waals surface area contributed by atoms with Gasteiger partial charge in [0.25, 0.3) is 0 Å².